The van der Waals surface area contributed by atoms with Crippen LogP contribution in [0.3, 0.4) is 0 Å². The van der Waals surface area contributed by atoms with Crippen molar-refractivity contribution in [1.82, 2.24) is 0 Å². The van der Waals surface area contributed by atoms with Gasteiger partial charge in [0.2, 0.25) is 10.4 Å². The van der Waals surface area contributed by atoms with Gasteiger partial charge in [-0.25, -0.2) is 8.42 Å². The van der Waals surface area contributed by atoms with Crippen LogP contribution in [0, 0.1) is 6.92 Å². The third-order valence-electron chi connectivity index (χ3n) is 2.99. The summed E-state index contributed by atoms with van der Waals surface area (Å²) >= 11 is 0. The van der Waals surface area contributed by atoms with Crippen LogP contribution in [0.25, 0.3) is 0 Å². The van der Waals surface area contributed by atoms with Crippen molar-refractivity contribution in [2.24, 2.45) is 0 Å². The van der Waals surface area contributed by atoms with E-state index in [0.717, 1.165) is 24.7 Å². The second kappa shape index (κ2) is 9.09. The van der Waals surface area contributed by atoms with Gasteiger partial charge in [-0.3, -0.25) is 4.18 Å². The fraction of sp³-hybridized carbons (Fsp3) is 0.600. The van der Waals surface area contributed by atoms with Gasteiger partial charge in [-0.1, -0.05) is 12.1 Å². The lowest BCUT2D eigenvalue weighted by atomic mass is 10.2. The van der Waals surface area contributed by atoms with Crippen molar-refractivity contribution in [3.05, 3.63) is 29.8 Å². The zero-order valence-corrected chi connectivity index (χ0v) is 15.2. The molecule has 0 aliphatic rings. The van der Waals surface area contributed by atoms with Gasteiger partial charge in [0, 0.05) is 12.2 Å². The molecule has 0 saturated heterocycles. The first-order valence-electron chi connectivity index (χ1n) is 7.12. The Balaban J connectivity index is 0.000000626. The van der Waals surface area contributed by atoms with E-state index < -0.39 is 10.4 Å². The molecule has 0 saturated carbocycles. The summed E-state index contributed by atoms with van der Waals surface area (Å²) in [5.74, 6) is 0. The number of rotatable bonds is 6. The first-order valence-corrected chi connectivity index (χ1v) is 8.45. The first kappa shape index (κ1) is 20.9. The largest absolute Gasteiger partial charge is 0.726 e. The molecule has 0 fully saturated rings. The van der Waals surface area contributed by atoms with Gasteiger partial charge in [0.1, 0.15) is 0 Å². The van der Waals surface area contributed by atoms with Crippen molar-refractivity contribution in [1.29, 1.82) is 0 Å². The lowest BCUT2D eigenvalue weighted by Gasteiger charge is -2.29. The molecule has 0 atom stereocenters. The number of quaternary nitrogens is 1. The fourth-order valence-corrected chi connectivity index (χ4v) is 1.72. The summed E-state index contributed by atoms with van der Waals surface area (Å²) in [6, 6.07) is 8.75. The molecule has 1 rings (SSSR count). The van der Waals surface area contributed by atoms with E-state index in [1.807, 2.05) is 0 Å². The van der Waals surface area contributed by atoms with E-state index >= 15 is 0 Å². The molecule has 0 spiro atoms. The highest BCUT2D eigenvalue weighted by atomic mass is 32.3. The highest BCUT2D eigenvalue weighted by Crippen LogP contribution is 2.15. The topological polar surface area (TPSA) is 69.7 Å². The average Bonchev–Trinajstić information content (AvgIpc) is 2.38. The van der Waals surface area contributed by atoms with E-state index in [0.29, 0.717) is 0 Å². The van der Waals surface area contributed by atoms with Crippen LogP contribution in [0.5, 0.6) is 0 Å². The Morgan fingerprint density at radius 3 is 2.18 bits per heavy atom. The normalized spacial score (nSPS) is 11.6. The number of anilines is 1. The van der Waals surface area contributed by atoms with Crippen LogP contribution >= 0.6 is 0 Å². The van der Waals surface area contributed by atoms with Crippen LogP contribution in [0.15, 0.2) is 24.3 Å². The van der Waals surface area contributed by atoms with Gasteiger partial charge in [0.05, 0.1) is 41.3 Å². The fourth-order valence-electron chi connectivity index (χ4n) is 1.72. The van der Waals surface area contributed by atoms with Crippen molar-refractivity contribution >= 4 is 16.1 Å². The molecule has 0 heterocycles. The summed E-state index contributed by atoms with van der Waals surface area (Å²) in [4.78, 5) is 2.44. The van der Waals surface area contributed by atoms with Crippen LogP contribution in [0.1, 0.15) is 12.5 Å². The Morgan fingerprint density at radius 2 is 1.82 bits per heavy atom. The maximum atomic E-state index is 9.22. The molecule has 0 amide bonds. The van der Waals surface area contributed by atoms with Crippen molar-refractivity contribution < 1.29 is 21.6 Å². The molecule has 7 heteroatoms. The molecule has 0 radical (unpaired) electrons. The van der Waals surface area contributed by atoms with E-state index in [1.54, 1.807) is 0 Å². The Hall–Kier alpha value is -1.15. The molecule has 0 bridgehead atoms. The summed E-state index contributed by atoms with van der Waals surface area (Å²) < 4.78 is 32.0. The summed E-state index contributed by atoms with van der Waals surface area (Å²) in [6.07, 6.45) is 0. The molecular formula is C15H28N2O4S. The predicted octanol–water partition coefficient (Wildman–Crippen LogP) is 1.62. The molecule has 22 heavy (non-hydrogen) atoms. The minimum Gasteiger partial charge on any atom is -0.726 e. The zero-order chi connectivity index (χ0) is 17.4. The van der Waals surface area contributed by atoms with Crippen molar-refractivity contribution in [2.75, 3.05) is 52.8 Å². The number of benzene rings is 1. The van der Waals surface area contributed by atoms with Crippen LogP contribution in [0.2, 0.25) is 0 Å². The van der Waals surface area contributed by atoms with Crippen LogP contribution in [-0.2, 0) is 14.6 Å². The van der Waals surface area contributed by atoms with Gasteiger partial charge in [-0.2, -0.15) is 0 Å². The third kappa shape index (κ3) is 10.6. The smallest absolute Gasteiger partial charge is 0.217 e. The van der Waals surface area contributed by atoms with Crippen LogP contribution < -0.4 is 4.90 Å². The molecular weight excluding hydrogens is 304 g/mol. The third-order valence-corrected chi connectivity index (χ3v) is 3.40. The van der Waals surface area contributed by atoms with Gasteiger partial charge in [-0.15, -0.1) is 0 Å². The van der Waals surface area contributed by atoms with Crippen LogP contribution in [-0.4, -0.2) is 65.3 Å². The molecule has 128 valence electrons. The molecule has 0 unspecified atom stereocenters. The SMILES string of the molecule is CCN(CC[N+](C)(C)C)c1cccc(C)c1.COS(=O)(=O)[O-]. The van der Waals surface area contributed by atoms with Gasteiger partial charge < -0.3 is 13.9 Å². The summed E-state index contributed by atoms with van der Waals surface area (Å²) in [6.45, 7) is 7.73. The second-order valence-corrected chi connectivity index (χ2v) is 7.16. The monoisotopic (exact) mass is 332 g/mol. The highest BCUT2D eigenvalue weighted by Gasteiger charge is 2.11. The standard InChI is InChI=1S/C14H25N2.CH4O4S/c1-6-15(10-11-16(3,4)5)14-9-7-8-13(2)12-14;1-5-6(2,3)4/h7-9,12H,6,10-11H2,1-5H3;1H3,(H,2,3,4)/q+1;/p-1. The first-order chi connectivity index (χ1) is 9.98. The maximum Gasteiger partial charge on any atom is 0.217 e. The number of likely N-dealkylation sites (N-methyl/N-ethyl adjacent to an activating group) is 2. The molecule has 0 N–H and O–H groups in total. The van der Waals surface area contributed by atoms with Crippen molar-refractivity contribution in [2.45, 2.75) is 13.8 Å². The highest BCUT2D eigenvalue weighted by molar-refractivity contribution is 7.80. The molecule has 0 aliphatic heterocycles. The lowest BCUT2D eigenvalue weighted by Crippen LogP contribution is -2.42. The number of hydrogen-bond donors (Lipinski definition) is 0. The zero-order valence-electron chi connectivity index (χ0n) is 14.4. The van der Waals surface area contributed by atoms with Gasteiger partial charge in [-0.05, 0) is 31.5 Å². The molecule has 6 nitrogen and oxygen atoms in total. The summed E-state index contributed by atoms with van der Waals surface area (Å²) in [5.41, 5.74) is 2.68. The maximum absolute atomic E-state index is 9.22. The Morgan fingerprint density at radius 1 is 1.27 bits per heavy atom. The lowest BCUT2D eigenvalue weighted by molar-refractivity contribution is -0.868. The van der Waals surface area contributed by atoms with Gasteiger partial charge in [0.25, 0.3) is 0 Å². The van der Waals surface area contributed by atoms with E-state index in [2.05, 4.69) is 68.3 Å². The molecule has 1 aromatic carbocycles. The van der Waals surface area contributed by atoms with Crippen molar-refractivity contribution in [3.63, 3.8) is 0 Å². The van der Waals surface area contributed by atoms with E-state index in [1.165, 1.54) is 17.8 Å². The molecule has 0 aromatic heterocycles. The number of aryl methyl sites for hydroxylation is 1. The quantitative estimate of drug-likeness (QED) is 0.450. The minimum atomic E-state index is -4.41. The van der Waals surface area contributed by atoms with E-state index in [-0.39, 0.29) is 0 Å². The Kier molecular flexibility index (Phi) is 8.62. The predicted molar refractivity (Wildman–Crippen MR) is 88.7 cm³/mol. The van der Waals surface area contributed by atoms with E-state index in [4.69, 9.17) is 0 Å². The summed E-state index contributed by atoms with van der Waals surface area (Å²) in [5, 5.41) is 0. The molecule has 1 aromatic rings. The molecule has 0 aliphatic carbocycles. The minimum absolute atomic E-state index is 0.808. The van der Waals surface area contributed by atoms with E-state index in [9.17, 15) is 13.0 Å². The van der Waals surface area contributed by atoms with Crippen LogP contribution in [0.4, 0.5) is 5.69 Å². The summed E-state index contributed by atoms with van der Waals surface area (Å²) in [7, 11) is 3.12. The van der Waals surface area contributed by atoms with Crippen molar-refractivity contribution in [3.8, 4) is 0 Å². The second-order valence-electron chi connectivity index (χ2n) is 6.01. The Bertz CT molecular complexity index is 539. The average molecular weight is 332 g/mol. The van der Waals surface area contributed by atoms with Gasteiger partial charge >= 0.3 is 0 Å². The van der Waals surface area contributed by atoms with Gasteiger partial charge in [0.15, 0.2) is 0 Å². The number of hydrogen-bond acceptors (Lipinski definition) is 5. The Labute approximate surface area is 134 Å². The number of nitrogens with zero attached hydrogens (tertiary/aromatic N) is 2.